The first-order chi connectivity index (χ1) is 7.31. The number of benzene rings is 1. The molecule has 4 nitrogen and oxygen atoms in total. The van der Waals surface area contributed by atoms with E-state index in [1.54, 1.807) is 18.2 Å². The molecule has 0 fully saturated rings. The van der Waals surface area contributed by atoms with E-state index in [1.807, 2.05) is 0 Å². The molecule has 1 amide bonds. The molecule has 1 aromatic rings. The number of hydrogen-bond acceptors (Lipinski definition) is 3. The average Bonchev–Trinajstić information content (AvgIpc) is 2.13. The number of rotatable bonds is 3. The number of hydrogen-bond donors (Lipinski definition) is 3. The molecule has 0 radical (unpaired) electrons. The number of para-hydroxylation sites is 1. The largest absolute Gasteiger partial charge is 0.397 e. The van der Waals surface area contributed by atoms with E-state index in [0.717, 1.165) is 6.54 Å². The fourth-order valence-corrected chi connectivity index (χ4v) is 1.33. The molecule has 0 heterocycles. The lowest BCUT2D eigenvalue weighted by atomic mass is 9.96. The highest BCUT2D eigenvalue weighted by Crippen LogP contribution is 2.25. The molecule has 0 unspecified atom stereocenters. The van der Waals surface area contributed by atoms with E-state index in [-0.39, 0.29) is 5.41 Å². The van der Waals surface area contributed by atoms with E-state index in [2.05, 4.69) is 26.1 Å². The number of nitrogen functional groups attached to an aromatic ring is 1. The average molecular weight is 221 g/mol. The van der Waals surface area contributed by atoms with Crippen molar-refractivity contribution in [3.05, 3.63) is 23.8 Å². The molecule has 1 aromatic carbocycles. The molecule has 0 aromatic heterocycles. The van der Waals surface area contributed by atoms with Crippen LogP contribution in [0.15, 0.2) is 18.2 Å². The van der Waals surface area contributed by atoms with Gasteiger partial charge in [0.05, 0.1) is 16.9 Å². The minimum atomic E-state index is -0.469. The Bertz CT molecular complexity index is 394. The predicted molar refractivity (Wildman–Crippen MR) is 67.3 cm³/mol. The number of nitrogens with two attached hydrogens (primary N) is 2. The summed E-state index contributed by atoms with van der Waals surface area (Å²) >= 11 is 0. The highest BCUT2D eigenvalue weighted by molar-refractivity contribution is 6.01. The first-order valence-electron chi connectivity index (χ1n) is 5.23. The van der Waals surface area contributed by atoms with Gasteiger partial charge in [0.15, 0.2) is 0 Å². The molecule has 0 atom stereocenters. The van der Waals surface area contributed by atoms with Crippen LogP contribution in [0.3, 0.4) is 0 Å². The third-order valence-corrected chi connectivity index (χ3v) is 2.16. The van der Waals surface area contributed by atoms with Gasteiger partial charge in [0.2, 0.25) is 0 Å². The molecule has 0 aliphatic rings. The Labute approximate surface area is 96.0 Å². The maximum absolute atomic E-state index is 11.2. The lowest BCUT2D eigenvalue weighted by molar-refractivity contribution is 0.100. The minimum absolute atomic E-state index is 0.108. The van der Waals surface area contributed by atoms with Gasteiger partial charge in [0, 0.05) is 6.54 Å². The second-order valence-corrected chi connectivity index (χ2v) is 5.05. The summed E-state index contributed by atoms with van der Waals surface area (Å²) in [7, 11) is 0. The van der Waals surface area contributed by atoms with Gasteiger partial charge in [-0.25, -0.2) is 0 Å². The summed E-state index contributed by atoms with van der Waals surface area (Å²) in [5.41, 5.74) is 12.8. The van der Waals surface area contributed by atoms with Crippen LogP contribution in [0.1, 0.15) is 31.1 Å². The van der Waals surface area contributed by atoms with Crippen molar-refractivity contribution in [2.45, 2.75) is 20.8 Å². The summed E-state index contributed by atoms with van der Waals surface area (Å²) < 4.78 is 0. The molecule has 0 aliphatic carbocycles. The third kappa shape index (κ3) is 3.15. The van der Waals surface area contributed by atoms with Crippen molar-refractivity contribution in [3.8, 4) is 0 Å². The Morgan fingerprint density at radius 2 is 2.00 bits per heavy atom. The van der Waals surface area contributed by atoms with Crippen molar-refractivity contribution in [1.82, 2.24) is 0 Å². The Kier molecular flexibility index (Phi) is 3.42. The molecule has 1 rings (SSSR count). The van der Waals surface area contributed by atoms with Gasteiger partial charge < -0.3 is 16.8 Å². The van der Waals surface area contributed by atoms with Crippen LogP contribution in [0.5, 0.6) is 0 Å². The van der Waals surface area contributed by atoms with Crippen molar-refractivity contribution < 1.29 is 4.79 Å². The van der Waals surface area contributed by atoms with E-state index in [1.165, 1.54) is 0 Å². The monoisotopic (exact) mass is 221 g/mol. The summed E-state index contributed by atoms with van der Waals surface area (Å²) in [6.45, 7) is 7.02. The molecular weight excluding hydrogens is 202 g/mol. The first-order valence-corrected chi connectivity index (χ1v) is 5.23. The molecule has 0 bridgehead atoms. The van der Waals surface area contributed by atoms with Gasteiger partial charge in [-0.15, -0.1) is 0 Å². The smallest absolute Gasteiger partial charge is 0.250 e. The predicted octanol–water partition coefficient (Wildman–Crippen LogP) is 1.83. The molecule has 5 N–H and O–H groups in total. The van der Waals surface area contributed by atoms with E-state index in [9.17, 15) is 4.79 Å². The Morgan fingerprint density at radius 3 is 2.50 bits per heavy atom. The summed E-state index contributed by atoms with van der Waals surface area (Å²) in [5.74, 6) is -0.469. The summed E-state index contributed by atoms with van der Waals surface area (Å²) in [6, 6.07) is 5.14. The lowest BCUT2D eigenvalue weighted by Crippen LogP contribution is -2.22. The maximum atomic E-state index is 11.2. The van der Waals surface area contributed by atoms with Crippen molar-refractivity contribution in [3.63, 3.8) is 0 Å². The number of nitrogens with one attached hydrogen (secondary N) is 1. The zero-order valence-corrected chi connectivity index (χ0v) is 10.0. The zero-order valence-electron chi connectivity index (χ0n) is 10.0. The van der Waals surface area contributed by atoms with E-state index in [4.69, 9.17) is 11.5 Å². The molecule has 16 heavy (non-hydrogen) atoms. The fraction of sp³-hybridized carbons (Fsp3) is 0.417. The quantitative estimate of drug-likeness (QED) is 0.681. The normalized spacial score (nSPS) is 11.2. The summed E-state index contributed by atoms with van der Waals surface area (Å²) in [4.78, 5) is 11.2. The van der Waals surface area contributed by atoms with Crippen LogP contribution >= 0.6 is 0 Å². The summed E-state index contributed by atoms with van der Waals surface area (Å²) in [6.07, 6.45) is 0. The highest BCUT2D eigenvalue weighted by Gasteiger charge is 2.14. The SMILES string of the molecule is CC(C)(C)CNc1c(N)cccc1C(N)=O. The van der Waals surface area contributed by atoms with Gasteiger partial charge in [0.1, 0.15) is 0 Å². The van der Waals surface area contributed by atoms with E-state index >= 15 is 0 Å². The second kappa shape index (κ2) is 4.43. The molecule has 0 aliphatic heterocycles. The van der Waals surface area contributed by atoms with Crippen LogP contribution in [0.4, 0.5) is 11.4 Å². The van der Waals surface area contributed by atoms with Crippen LogP contribution in [0.25, 0.3) is 0 Å². The minimum Gasteiger partial charge on any atom is -0.397 e. The van der Waals surface area contributed by atoms with Crippen LogP contribution in [0, 0.1) is 5.41 Å². The number of primary amides is 1. The fourth-order valence-electron chi connectivity index (χ4n) is 1.33. The highest BCUT2D eigenvalue weighted by atomic mass is 16.1. The molecule has 88 valence electrons. The van der Waals surface area contributed by atoms with Crippen LogP contribution in [-0.2, 0) is 0 Å². The van der Waals surface area contributed by atoms with Gasteiger partial charge in [-0.1, -0.05) is 26.8 Å². The van der Waals surface area contributed by atoms with E-state index in [0.29, 0.717) is 16.9 Å². The van der Waals surface area contributed by atoms with Crippen LogP contribution in [-0.4, -0.2) is 12.5 Å². The van der Waals surface area contributed by atoms with Crippen molar-refractivity contribution in [1.29, 1.82) is 0 Å². The Hall–Kier alpha value is -1.71. The third-order valence-electron chi connectivity index (χ3n) is 2.16. The van der Waals surface area contributed by atoms with Gasteiger partial charge in [-0.3, -0.25) is 4.79 Å². The first kappa shape index (κ1) is 12.4. The lowest BCUT2D eigenvalue weighted by Gasteiger charge is -2.21. The van der Waals surface area contributed by atoms with Gasteiger partial charge in [-0.2, -0.15) is 0 Å². The maximum Gasteiger partial charge on any atom is 0.250 e. The zero-order chi connectivity index (χ0) is 12.3. The number of carbonyl (C=O) groups is 1. The van der Waals surface area contributed by atoms with Crippen LogP contribution in [0.2, 0.25) is 0 Å². The van der Waals surface area contributed by atoms with Crippen molar-refractivity contribution in [2.75, 3.05) is 17.6 Å². The Morgan fingerprint density at radius 1 is 1.38 bits per heavy atom. The molecular formula is C12H19N3O. The van der Waals surface area contributed by atoms with E-state index < -0.39 is 5.91 Å². The van der Waals surface area contributed by atoms with Crippen LogP contribution < -0.4 is 16.8 Å². The molecule has 0 saturated carbocycles. The Balaban J connectivity index is 2.98. The number of anilines is 2. The van der Waals surface area contributed by atoms with Gasteiger partial charge >= 0.3 is 0 Å². The van der Waals surface area contributed by atoms with Crippen molar-refractivity contribution >= 4 is 17.3 Å². The van der Waals surface area contributed by atoms with Crippen molar-refractivity contribution in [2.24, 2.45) is 11.1 Å². The standard InChI is InChI=1S/C12H19N3O/c1-12(2,3)7-15-10-8(11(14)16)5-4-6-9(10)13/h4-6,15H,7,13H2,1-3H3,(H2,14,16). The second-order valence-electron chi connectivity index (χ2n) is 5.05. The number of carbonyl (C=O) groups excluding carboxylic acids is 1. The summed E-state index contributed by atoms with van der Waals surface area (Å²) in [5, 5.41) is 3.18. The molecule has 4 heteroatoms. The topological polar surface area (TPSA) is 81.1 Å². The number of amides is 1. The van der Waals surface area contributed by atoms with Gasteiger partial charge in [-0.05, 0) is 17.5 Å². The molecule has 0 spiro atoms. The van der Waals surface area contributed by atoms with Gasteiger partial charge in [0.25, 0.3) is 5.91 Å². The molecule has 0 saturated heterocycles.